The number of nitrogens with zero attached hydrogens (tertiary/aromatic N) is 3. The van der Waals surface area contributed by atoms with Gasteiger partial charge in [0.15, 0.2) is 11.6 Å². The Labute approximate surface area is 207 Å². The molecule has 7 nitrogen and oxygen atoms in total. The largest absolute Gasteiger partial charge is 0.494 e. The summed E-state index contributed by atoms with van der Waals surface area (Å²) in [5.41, 5.74) is 1.94. The van der Waals surface area contributed by atoms with Gasteiger partial charge in [0, 0.05) is 25.3 Å². The van der Waals surface area contributed by atoms with Crippen LogP contribution >= 0.6 is 0 Å². The summed E-state index contributed by atoms with van der Waals surface area (Å²) >= 11 is 0. The van der Waals surface area contributed by atoms with Crippen molar-refractivity contribution in [2.24, 2.45) is 0 Å². The molecular formula is C27H34FN3O4. The predicted octanol–water partition coefficient (Wildman–Crippen LogP) is 5.13. The fraction of sp³-hybridized carbons (Fsp3) is 0.481. The zero-order valence-corrected chi connectivity index (χ0v) is 20.9. The van der Waals surface area contributed by atoms with Crippen LogP contribution in [0, 0.1) is 17.1 Å². The molecule has 1 saturated heterocycles. The summed E-state index contributed by atoms with van der Waals surface area (Å²) in [5, 5.41) is 9.13. The Morgan fingerprint density at radius 3 is 2.66 bits per heavy atom. The minimum absolute atomic E-state index is 0.0648. The summed E-state index contributed by atoms with van der Waals surface area (Å²) in [6.07, 6.45) is 1.23. The average molecular weight is 484 g/mol. The Kier molecular flexibility index (Phi) is 8.94. The molecule has 1 fully saturated rings. The van der Waals surface area contributed by atoms with Gasteiger partial charge in [-0.1, -0.05) is 6.07 Å². The van der Waals surface area contributed by atoms with Gasteiger partial charge in [-0.15, -0.1) is 0 Å². The van der Waals surface area contributed by atoms with Crippen LogP contribution in [0.25, 0.3) is 0 Å². The van der Waals surface area contributed by atoms with Crippen molar-refractivity contribution in [3.63, 3.8) is 0 Å². The van der Waals surface area contributed by atoms with Crippen molar-refractivity contribution in [3.05, 3.63) is 59.4 Å². The van der Waals surface area contributed by atoms with E-state index in [1.807, 2.05) is 32.9 Å². The van der Waals surface area contributed by atoms with Crippen molar-refractivity contribution in [3.8, 4) is 11.8 Å². The van der Waals surface area contributed by atoms with Gasteiger partial charge >= 0.3 is 6.09 Å². The highest BCUT2D eigenvalue weighted by atomic mass is 19.1. The molecule has 8 heteroatoms. The number of ether oxygens (including phenoxy) is 3. The third-order valence-electron chi connectivity index (χ3n) is 5.70. The number of hydrogen-bond donors (Lipinski definition) is 0. The molecule has 2 aromatic carbocycles. The number of benzene rings is 2. The van der Waals surface area contributed by atoms with Crippen molar-refractivity contribution >= 4 is 11.8 Å². The van der Waals surface area contributed by atoms with E-state index >= 15 is 0 Å². The number of carbonyl (C=O) groups excluding carboxylic acids is 1. The normalized spacial score (nSPS) is 15.9. The zero-order chi connectivity index (χ0) is 25.4. The maximum atomic E-state index is 13.9. The first-order chi connectivity index (χ1) is 16.7. The molecule has 1 atom stereocenters. The van der Waals surface area contributed by atoms with E-state index in [0.717, 1.165) is 30.6 Å². The van der Waals surface area contributed by atoms with Crippen molar-refractivity contribution in [2.75, 3.05) is 38.3 Å². The summed E-state index contributed by atoms with van der Waals surface area (Å²) < 4.78 is 30.4. The molecule has 2 aromatic rings. The molecule has 0 bridgehead atoms. The third-order valence-corrected chi connectivity index (χ3v) is 5.70. The van der Waals surface area contributed by atoms with Gasteiger partial charge in [-0.05, 0) is 75.6 Å². The van der Waals surface area contributed by atoms with Crippen LogP contribution in [-0.2, 0) is 16.0 Å². The molecule has 1 aliphatic rings. The maximum Gasteiger partial charge on any atom is 0.410 e. The Morgan fingerprint density at radius 1 is 1.26 bits per heavy atom. The summed E-state index contributed by atoms with van der Waals surface area (Å²) in [5.74, 6) is -0.190. The van der Waals surface area contributed by atoms with Crippen LogP contribution < -0.4 is 9.64 Å². The second-order valence-electron chi connectivity index (χ2n) is 9.61. The Bertz CT molecular complexity index is 1030. The zero-order valence-electron chi connectivity index (χ0n) is 20.9. The Balaban J connectivity index is 1.64. The molecule has 1 heterocycles. The van der Waals surface area contributed by atoms with Gasteiger partial charge in [0.1, 0.15) is 5.60 Å². The first-order valence-electron chi connectivity index (χ1n) is 11.9. The topological polar surface area (TPSA) is 75.0 Å². The molecule has 0 N–H and O–H groups in total. The highest BCUT2D eigenvalue weighted by molar-refractivity contribution is 5.68. The van der Waals surface area contributed by atoms with E-state index in [9.17, 15) is 9.18 Å². The van der Waals surface area contributed by atoms with E-state index < -0.39 is 11.4 Å². The summed E-state index contributed by atoms with van der Waals surface area (Å²) in [4.78, 5) is 16.3. The van der Waals surface area contributed by atoms with Gasteiger partial charge in [-0.3, -0.25) is 0 Å². The molecule has 3 rings (SSSR count). The lowest BCUT2D eigenvalue weighted by Gasteiger charge is -2.34. The number of anilines is 1. The highest BCUT2D eigenvalue weighted by Crippen LogP contribution is 2.24. The predicted molar refractivity (Wildman–Crippen MR) is 132 cm³/mol. The Morgan fingerprint density at radius 2 is 2.00 bits per heavy atom. The summed E-state index contributed by atoms with van der Waals surface area (Å²) in [7, 11) is 1.45. The van der Waals surface area contributed by atoms with E-state index in [4.69, 9.17) is 19.5 Å². The smallest absolute Gasteiger partial charge is 0.410 e. The monoisotopic (exact) mass is 483 g/mol. The first-order valence-corrected chi connectivity index (χ1v) is 11.9. The van der Waals surface area contributed by atoms with Crippen LogP contribution in [0.3, 0.4) is 0 Å². The number of halogens is 1. The van der Waals surface area contributed by atoms with Crippen LogP contribution in [0.5, 0.6) is 5.75 Å². The lowest BCUT2D eigenvalue weighted by atomic mass is 10.1. The van der Waals surface area contributed by atoms with Gasteiger partial charge < -0.3 is 24.0 Å². The van der Waals surface area contributed by atoms with Crippen LogP contribution in [-0.4, -0.2) is 56.0 Å². The van der Waals surface area contributed by atoms with Crippen LogP contribution in [0.1, 0.15) is 44.7 Å². The highest BCUT2D eigenvalue weighted by Gasteiger charge is 2.28. The molecule has 0 aromatic heterocycles. The average Bonchev–Trinajstić information content (AvgIpc) is 2.83. The molecule has 1 aliphatic heterocycles. The summed E-state index contributed by atoms with van der Waals surface area (Å²) in [6, 6.07) is 14.4. The van der Waals surface area contributed by atoms with Crippen molar-refractivity contribution in [1.29, 1.82) is 5.26 Å². The quantitative estimate of drug-likeness (QED) is 0.518. The molecule has 188 valence electrons. The van der Waals surface area contributed by atoms with Gasteiger partial charge in [-0.2, -0.15) is 5.26 Å². The van der Waals surface area contributed by atoms with Gasteiger partial charge in [0.2, 0.25) is 0 Å². The number of methoxy groups -OCH3 is 1. The minimum Gasteiger partial charge on any atom is -0.494 e. The SMILES string of the molecule is COc1cc(CN(CCCC2CN(C(=O)OC(C)(C)C)CCO2)c2ccc(C#N)cc2)ccc1F. The van der Waals surface area contributed by atoms with E-state index in [1.165, 1.54) is 13.2 Å². The van der Waals surface area contributed by atoms with Crippen LogP contribution in [0.4, 0.5) is 14.9 Å². The molecule has 1 amide bonds. The molecule has 1 unspecified atom stereocenters. The number of nitriles is 1. The van der Waals surface area contributed by atoms with Crippen LogP contribution in [0.15, 0.2) is 42.5 Å². The first kappa shape index (κ1) is 26.3. The minimum atomic E-state index is -0.532. The number of rotatable bonds is 8. The molecule has 35 heavy (non-hydrogen) atoms. The van der Waals surface area contributed by atoms with Crippen molar-refractivity contribution in [2.45, 2.75) is 51.9 Å². The van der Waals surface area contributed by atoms with E-state index in [1.54, 1.807) is 29.2 Å². The second-order valence-corrected chi connectivity index (χ2v) is 9.61. The molecule has 0 radical (unpaired) electrons. The number of amides is 1. The van der Waals surface area contributed by atoms with Crippen molar-refractivity contribution in [1.82, 2.24) is 4.90 Å². The van der Waals surface area contributed by atoms with E-state index in [2.05, 4.69) is 11.0 Å². The van der Waals surface area contributed by atoms with Gasteiger partial charge in [0.25, 0.3) is 0 Å². The Hall–Kier alpha value is -3.31. The summed E-state index contributed by atoms with van der Waals surface area (Å²) in [6.45, 7) is 8.36. The lowest BCUT2D eigenvalue weighted by Crippen LogP contribution is -2.47. The third kappa shape index (κ3) is 7.86. The maximum absolute atomic E-state index is 13.9. The van der Waals surface area contributed by atoms with E-state index in [0.29, 0.717) is 31.8 Å². The number of carbonyl (C=O) groups is 1. The molecule has 0 saturated carbocycles. The van der Waals surface area contributed by atoms with Gasteiger partial charge in [0.05, 0.1) is 38.0 Å². The second kappa shape index (κ2) is 11.9. The molecule has 0 spiro atoms. The molecular weight excluding hydrogens is 449 g/mol. The fourth-order valence-electron chi connectivity index (χ4n) is 3.97. The lowest BCUT2D eigenvalue weighted by molar-refractivity contribution is -0.0448. The number of hydrogen-bond acceptors (Lipinski definition) is 6. The standard InChI is InChI=1S/C27H34FN3O4/c1-27(2,3)35-26(32)31-14-15-34-23(19-31)6-5-13-30(22-10-7-20(17-29)8-11-22)18-21-9-12-24(28)25(16-21)33-4/h7-12,16,23H,5-6,13-15,18-19H2,1-4H3. The van der Waals surface area contributed by atoms with Crippen molar-refractivity contribution < 1.29 is 23.4 Å². The number of morpholine rings is 1. The van der Waals surface area contributed by atoms with E-state index in [-0.39, 0.29) is 17.9 Å². The van der Waals surface area contributed by atoms with Gasteiger partial charge in [-0.25, -0.2) is 9.18 Å². The van der Waals surface area contributed by atoms with Crippen LogP contribution in [0.2, 0.25) is 0 Å². The molecule has 0 aliphatic carbocycles. The fourth-order valence-corrected chi connectivity index (χ4v) is 3.97.